The van der Waals surface area contributed by atoms with Gasteiger partial charge >= 0.3 is 6.18 Å². The van der Waals surface area contributed by atoms with Crippen molar-refractivity contribution in [3.8, 4) is 0 Å². The molecule has 8 heteroatoms. The Labute approximate surface area is 152 Å². The first-order chi connectivity index (χ1) is 12.8. The number of nitrogens with one attached hydrogen (secondary N) is 2. The average Bonchev–Trinajstić information content (AvgIpc) is 2.65. The highest BCUT2D eigenvalue weighted by Gasteiger charge is 2.30. The number of hydrazine groups is 1. The van der Waals surface area contributed by atoms with Gasteiger partial charge in [0.2, 0.25) is 5.91 Å². The number of para-hydroxylation sites is 1. The van der Waals surface area contributed by atoms with Gasteiger partial charge in [-0.05, 0) is 23.8 Å². The molecule has 3 aromatic rings. The zero-order chi connectivity index (χ0) is 19.4. The highest BCUT2D eigenvalue weighted by atomic mass is 19.4. The number of aromatic nitrogens is 1. The third-order valence-corrected chi connectivity index (χ3v) is 3.77. The lowest BCUT2D eigenvalue weighted by atomic mass is 10.1. The van der Waals surface area contributed by atoms with Crippen LogP contribution in [0.5, 0.6) is 0 Å². The molecule has 0 fully saturated rings. The maximum absolute atomic E-state index is 12.7. The zero-order valence-corrected chi connectivity index (χ0v) is 13.9. The van der Waals surface area contributed by atoms with Crippen LogP contribution < -0.4 is 10.9 Å². The van der Waals surface area contributed by atoms with Crippen LogP contribution >= 0.6 is 0 Å². The van der Waals surface area contributed by atoms with Gasteiger partial charge in [-0.3, -0.25) is 20.4 Å². The van der Waals surface area contributed by atoms with E-state index in [1.54, 1.807) is 18.2 Å². The number of pyridine rings is 1. The van der Waals surface area contributed by atoms with E-state index in [2.05, 4.69) is 15.8 Å². The van der Waals surface area contributed by atoms with Crippen molar-refractivity contribution < 1.29 is 22.8 Å². The second-order valence-electron chi connectivity index (χ2n) is 5.77. The van der Waals surface area contributed by atoms with Gasteiger partial charge in [0, 0.05) is 5.39 Å². The average molecular weight is 373 g/mol. The zero-order valence-electron chi connectivity index (χ0n) is 13.9. The Balaban J connectivity index is 1.60. The first kappa shape index (κ1) is 18.4. The summed E-state index contributed by atoms with van der Waals surface area (Å²) in [5.74, 6) is -1.28. The Kier molecular flexibility index (Phi) is 5.07. The summed E-state index contributed by atoms with van der Waals surface area (Å²) in [6, 6.07) is 14.9. The number of halogens is 3. The first-order valence-corrected chi connectivity index (χ1v) is 7.94. The van der Waals surface area contributed by atoms with Crippen molar-refractivity contribution in [2.75, 3.05) is 0 Å². The summed E-state index contributed by atoms with van der Waals surface area (Å²) in [6.07, 6.45) is -4.79. The van der Waals surface area contributed by atoms with Crippen LogP contribution in [-0.4, -0.2) is 16.8 Å². The molecule has 0 aliphatic heterocycles. The number of alkyl halides is 3. The third-order valence-electron chi connectivity index (χ3n) is 3.77. The molecule has 0 radical (unpaired) electrons. The van der Waals surface area contributed by atoms with Crippen molar-refractivity contribution in [2.24, 2.45) is 0 Å². The number of carbonyl (C=O) groups is 2. The maximum Gasteiger partial charge on any atom is 0.416 e. The number of benzene rings is 2. The molecule has 0 bridgehead atoms. The molecule has 2 aromatic carbocycles. The van der Waals surface area contributed by atoms with Crippen LogP contribution in [0.25, 0.3) is 10.9 Å². The van der Waals surface area contributed by atoms with E-state index in [0.29, 0.717) is 5.52 Å². The number of carbonyl (C=O) groups excluding carboxylic acids is 2. The van der Waals surface area contributed by atoms with E-state index in [9.17, 15) is 22.8 Å². The van der Waals surface area contributed by atoms with Crippen molar-refractivity contribution in [3.63, 3.8) is 0 Å². The molecule has 2 N–H and O–H groups in total. The minimum atomic E-state index is -4.48. The second kappa shape index (κ2) is 7.45. The van der Waals surface area contributed by atoms with Crippen LogP contribution in [0.4, 0.5) is 13.2 Å². The molecular weight excluding hydrogens is 359 g/mol. The molecule has 0 unspecified atom stereocenters. The van der Waals surface area contributed by atoms with Gasteiger partial charge in [-0.1, -0.05) is 42.5 Å². The molecule has 1 heterocycles. The highest BCUT2D eigenvalue weighted by molar-refractivity contribution is 5.96. The minimum Gasteiger partial charge on any atom is -0.273 e. The molecule has 0 aliphatic rings. The van der Waals surface area contributed by atoms with E-state index in [-0.39, 0.29) is 17.7 Å². The standard InChI is InChI=1S/C19H14F3N3O2/c20-19(21,22)14-6-3-4-12(10-14)11-17(26)24-25-18(27)16-9-8-13-5-1-2-7-15(13)23-16/h1-10H,11H2,(H,24,26)(H,25,27). The number of hydrogen-bond acceptors (Lipinski definition) is 3. The number of amides is 2. The number of fused-ring (bicyclic) bond motifs is 1. The van der Waals surface area contributed by atoms with Crippen LogP contribution in [0.15, 0.2) is 60.7 Å². The van der Waals surface area contributed by atoms with E-state index in [4.69, 9.17) is 0 Å². The van der Waals surface area contributed by atoms with Crippen LogP contribution in [0.2, 0.25) is 0 Å². The minimum absolute atomic E-state index is 0.105. The molecule has 5 nitrogen and oxygen atoms in total. The second-order valence-corrected chi connectivity index (χ2v) is 5.77. The lowest BCUT2D eigenvalue weighted by molar-refractivity contribution is -0.137. The molecule has 0 atom stereocenters. The maximum atomic E-state index is 12.7. The third kappa shape index (κ3) is 4.60. The van der Waals surface area contributed by atoms with E-state index in [0.717, 1.165) is 17.5 Å². The van der Waals surface area contributed by atoms with E-state index in [1.165, 1.54) is 18.2 Å². The Morgan fingerprint density at radius 2 is 1.70 bits per heavy atom. The van der Waals surface area contributed by atoms with Gasteiger partial charge in [-0.2, -0.15) is 13.2 Å². The Bertz CT molecular complexity index is 1000. The molecule has 0 aliphatic carbocycles. The van der Waals surface area contributed by atoms with Gasteiger partial charge in [-0.25, -0.2) is 4.98 Å². The molecular formula is C19H14F3N3O2. The fraction of sp³-hybridized carbons (Fsp3) is 0.105. The summed E-state index contributed by atoms with van der Waals surface area (Å²) >= 11 is 0. The Hall–Kier alpha value is -3.42. The van der Waals surface area contributed by atoms with Gasteiger partial charge < -0.3 is 0 Å². The first-order valence-electron chi connectivity index (χ1n) is 7.94. The molecule has 27 heavy (non-hydrogen) atoms. The van der Waals surface area contributed by atoms with E-state index < -0.39 is 23.6 Å². The predicted molar refractivity (Wildman–Crippen MR) is 92.5 cm³/mol. The molecule has 0 saturated carbocycles. The lowest BCUT2D eigenvalue weighted by Gasteiger charge is -2.10. The number of hydrogen-bond donors (Lipinski definition) is 2. The predicted octanol–water partition coefficient (Wildman–Crippen LogP) is 3.26. The SMILES string of the molecule is O=C(Cc1cccc(C(F)(F)F)c1)NNC(=O)c1ccc2ccccc2n1. The molecule has 138 valence electrons. The largest absolute Gasteiger partial charge is 0.416 e. The van der Waals surface area contributed by atoms with Crippen LogP contribution in [0, 0.1) is 0 Å². The molecule has 1 aromatic heterocycles. The molecule has 3 rings (SSSR count). The molecule has 2 amide bonds. The van der Waals surface area contributed by atoms with Crippen molar-refractivity contribution in [1.82, 2.24) is 15.8 Å². The summed E-state index contributed by atoms with van der Waals surface area (Å²) in [5.41, 5.74) is 4.46. The smallest absolute Gasteiger partial charge is 0.273 e. The van der Waals surface area contributed by atoms with Gasteiger partial charge in [0.25, 0.3) is 5.91 Å². The van der Waals surface area contributed by atoms with Crippen molar-refractivity contribution in [1.29, 1.82) is 0 Å². The lowest BCUT2D eigenvalue weighted by Crippen LogP contribution is -2.42. The fourth-order valence-electron chi connectivity index (χ4n) is 2.47. The summed E-state index contributed by atoms with van der Waals surface area (Å²) in [6.45, 7) is 0. The topological polar surface area (TPSA) is 71.1 Å². The highest BCUT2D eigenvalue weighted by Crippen LogP contribution is 2.29. The summed E-state index contributed by atoms with van der Waals surface area (Å²) < 4.78 is 38.1. The number of nitrogens with zero attached hydrogens (tertiary/aromatic N) is 1. The van der Waals surface area contributed by atoms with Gasteiger partial charge in [0.15, 0.2) is 0 Å². The monoisotopic (exact) mass is 373 g/mol. The van der Waals surface area contributed by atoms with Crippen LogP contribution in [0.1, 0.15) is 21.6 Å². The van der Waals surface area contributed by atoms with Gasteiger partial charge in [0.05, 0.1) is 17.5 Å². The Morgan fingerprint density at radius 3 is 2.48 bits per heavy atom. The van der Waals surface area contributed by atoms with Crippen molar-refractivity contribution in [2.45, 2.75) is 12.6 Å². The Morgan fingerprint density at radius 1 is 0.926 bits per heavy atom. The van der Waals surface area contributed by atoms with Crippen LogP contribution in [0.3, 0.4) is 0 Å². The normalized spacial score (nSPS) is 11.2. The quantitative estimate of drug-likeness (QED) is 0.693. The number of rotatable bonds is 3. The van der Waals surface area contributed by atoms with E-state index in [1.807, 2.05) is 12.1 Å². The van der Waals surface area contributed by atoms with Gasteiger partial charge in [0.1, 0.15) is 5.69 Å². The van der Waals surface area contributed by atoms with E-state index >= 15 is 0 Å². The van der Waals surface area contributed by atoms with Crippen LogP contribution in [-0.2, 0) is 17.4 Å². The van der Waals surface area contributed by atoms with Crippen molar-refractivity contribution >= 4 is 22.7 Å². The summed E-state index contributed by atoms with van der Waals surface area (Å²) in [7, 11) is 0. The summed E-state index contributed by atoms with van der Waals surface area (Å²) in [4.78, 5) is 28.2. The van der Waals surface area contributed by atoms with Crippen molar-refractivity contribution in [3.05, 3.63) is 77.5 Å². The summed E-state index contributed by atoms with van der Waals surface area (Å²) in [5, 5.41) is 0.864. The molecule has 0 saturated heterocycles. The fourth-order valence-corrected chi connectivity index (χ4v) is 2.47. The molecule has 0 spiro atoms. The van der Waals surface area contributed by atoms with Gasteiger partial charge in [-0.15, -0.1) is 0 Å².